The number of fused-ring (bicyclic) bond motifs is 2. The third kappa shape index (κ3) is 3.52. The molecular formula is C23H25F2N7. The first-order chi connectivity index (χ1) is 15.3. The van der Waals surface area contributed by atoms with Gasteiger partial charge in [-0.25, -0.2) is 23.7 Å². The number of nitrogens with zero attached hydrogens (tertiary/aromatic N) is 5. The maximum Gasteiger partial charge on any atom is 0.173 e. The van der Waals surface area contributed by atoms with Gasteiger partial charge in [0.05, 0.1) is 22.3 Å². The van der Waals surface area contributed by atoms with Gasteiger partial charge in [0.1, 0.15) is 18.0 Å². The molecule has 4 aromatic rings. The summed E-state index contributed by atoms with van der Waals surface area (Å²) in [6.45, 7) is 9.57. The minimum atomic E-state index is -0.470. The molecule has 1 aliphatic heterocycles. The third-order valence-electron chi connectivity index (χ3n) is 5.88. The van der Waals surface area contributed by atoms with Crippen molar-refractivity contribution in [1.29, 1.82) is 0 Å². The standard InChI is InChI=1S/C23H25F2N7/c1-12-7-31(8-13(2)28-12)19-6-17(24)20-21(15(19)4)26-11-27-22(20)30-16-5-18(25)23-29-14(3)9-32(23)10-16/h5-6,9-13,28H,7-8H2,1-4H3,(H,26,27,30)/t12-,13+. The van der Waals surface area contributed by atoms with Crippen LogP contribution in [0.2, 0.25) is 0 Å². The van der Waals surface area contributed by atoms with E-state index in [9.17, 15) is 4.39 Å². The lowest BCUT2D eigenvalue weighted by Crippen LogP contribution is -2.54. The largest absolute Gasteiger partial charge is 0.368 e. The molecule has 2 N–H and O–H groups in total. The summed E-state index contributed by atoms with van der Waals surface area (Å²) in [5.74, 6) is -0.593. The highest BCUT2D eigenvalue weighted by Gasteiger charge is 2.25. The second-order valence-electron chi connectivity index (χ2n) is 8.64. The Kier molecular flexibility index (Phi) is 4.93. The normalized spacial score (nSPS) is 19.1. The number of piperazine rings is 1. The zero-order valence-corrected chi connectivity index (χ0v) is 18.4. The smallest absolute Gasteiger partial charge is 0.173 e. The molecule has 0 amide bonds. The molecule has 3 aromatic heterocycles. The summed E-state index contributed by atoms with van der Waals surface area (Å²) in [6, 6.07) is 3.49. The van der Waals surface area contributed by atoms with Crippen molar-refractivity contribution in [2.24, 2.45) is 0 Å². The van der Waals surface area contributed by atoms with E-state index in [-0.39, 0.29) is 11.0 Å². The van der Waals surface area contributed by atoms with Crippen LogP contribution < -0.4 is 15.5 Å². The van der Waals surface area contributed by atoms with E-state index in [1.807, 2.05) is 6.92 Å². The molecule has 1 saturated heterocycles. The van der Waals surface area contributed by atoms with Gasteiger partial charge in [0.25, 0.3) is 0 Å². The summed E-state index contributed by atoms with van der Waals surface area (Å²) in [6.07, 6.45) is 4.84. The van der Waals surface area contributed by atoms with Crippen LogP contribution in [-0.4, -0.2) is 44.5 Å². The number of aryl methyl sites for hydroxylation is 2. The highest BCUT2D eigenvalue weighted by atomic mass is 19.1. The number of rotatable bonds is 3. The fourth-order valence-electron chi connectivity index (χ4n) is 4.65. The third-order valence-corrected chi connectivity index (χ3v) is 5.88. The Bertz CT molecular complexity index is 1320. The zero-order valence-electron chi connectivity index (χ0n) is 18.4. The summed E-state index contributed by atoms with van der Waals surface area (Å²) < 4.78 is 31.5. The lowest BCUT2D eigenvalue weighted by molar-refractivity contribution is 0.406. The van der Waals surface area contributed by atoms with Crippen LogP contribution in [0.1, 0.15) is 25.1 Å². The Morgan fingerprint density at radius 2 is 1.78 bits per heavy atom. The molecule has 4 heterocycles. The molecule has 0 unspecified atom stereocenters. The van der Waals surface area contributed by atoms with Crippen molar-refractivity contribution in [3.63, 3.8) is 0 Å². The Hall–Kier alpha value is -3.33. The molecule has 9 heteroatoms. The van der Waals surface area contributed by atoms with E-state index in [1.165, 1.54) is 12.4 Å². The molecule has 1 aromatic carbocycles. The van der Waals surface area contributed by atoms with Gasteiger partial charge in [-0.05, 0) is 39.3 Å². The molecule has 32 heavy (non-hydrogen) atoms. The van der Waals surface area contributed by atoms with Gasteiger partial charge in [0, 0.05) is 49.3 Å². The summed E-state index contributed by atoms with van der Waals surface area (Å²) in [4.78, 5) is 15.0. The second kappa shape index (κ2) is 7.67. The van der Waals surface area contributed by atoms with E-state index in [0.29, 0.717) is 34.8 Å². The molecule has 1 aliphatic rings. The number of imidazole rings is 1. The number of benzene rings is 1. The van der Waals surface area contributed by atoms with Crippen molar-refractivity contribution in [1.82, 2.24) is 24.7 Å². The Morgan fingerprint density at radius 1 is 1.03 bits per heavy atom. The van der Waals surface area contributed by atoms with Crippen molar-refractivity contribution >= 4 is 33.7 Å². The average Bonchev–Trinajstić information content (AvgIpc) is 3.10. The van der Waals surface area contributed by atoms with Crippen molar-refractivity contribution < 1.29 is 8.78 Å². The fourth-order valence-corrected chi connectivity index (χ4v) is 4.65. The number of hydrogen-bond donors (Lipinski definition) is 2. The minimum absolute atomic E-state index is 0.242. The quantitative estimate of drug-likeness (QED) is 0.503. The van der Waals surface area contributed by atoms with E-state index in [2.05, 4.69) is 44.3 Å². The summed E-state index contributed by atoms with van der Waals surface area (Å²) in [7, 11) is 0. The Morgan fingerprint density at radius 3 is 2.53 bits per heavy atom. The summed E-state index contributed by atoms with van der Waals surface area (Å²) in [5, 5.41) is 6.85. The van der Waals surface area contributed by atoms with Gasteiger partial charge in [0.15, 0.2) is 11.5 Å². The number of pyridine rings is 1. The monoisotopic (exact) mass is 437 g/mol. The number of aromatic nitrogens is 4. The molecule has 5 rings (SSSR count). The molecule has 2 atom stereocenters. The number of halogens is 2. The predicted octanol–water partition coefficient (Wildman–Crippen LogP) is 4.10. The first-order valence-electron chi connectivity index (χ1n) is 10.7. The molecule has 0 spiro atoms. The van der Waals surface area contributed by atoms with Gasteiger partial charge < -0.3 is 19.9 Å². The summed E-state index contributed by atoms with van der Waals surface area (Å²) in [5.41, 5.74) is 3.65. The first kappa shape index (κ1) is 20.6. The minimum Gasteiger partial charge on any atom is -0.368 e. The van der Waals surface area contributed by atoms with Crippen molar-refractivity contribution in [3.05, 3.63) is 53.7 Å². The summed E-state index contributed by atoms with van der Waals surface area (Å²) >= 11 is 0. The van der Waals surface area contributed by atoms with Gasteiger partial charge in [-0.3, -0.25) is 0 Å². The Labute approximate surface area is 184 Å². The number of nitrogens with one attached hydrogen (secondary N) is 2. The van der Waals surface area contributed by atoms with Crippen LogP contribution in [0.3, 0.4) is 0 Å². The zero-order chi connectivity index (χ0) is 22.6. The topological polar surface area (TPSA) is 70.4 Å². The van der Waals surface area contributed by atoms with E-state index < -0.39 is 11.6 Å². The molecule has 7 nitrogen and oxygen atoms in total. The van der Waals surface area contributed by atoms with Crippen molar-refractivity contribution in [2.75, 3.05) is 23.3 Å². The highest BCUT2D eigenvalue weighted by Crippen LogP contribution is 2.34. The average molecular weight is 437 g/mol. The van der Waals surface area contributed by atoms with Gasteiger partial charge in [-0.15, -0.1) is 0 Å². The lowest BCUT2D eigenvalue weighted by atomic mass is 10.0. The van der Waals surface area contributed by atoms with Crippen LogP contribution in [0.5, 0.6) is 0 Å². The van der Waals surface area contributed by atoms with E-state index in [0.717, 1.165) is 24.3 Å². The van der Waals surface area contributed by atoms with Gasteiger partial charge in [-0.1, -0.05) is 0 Å². The Balaban J connectivity index is 1.57. The molecule has 0 radical (unpaired) electrons. The lowest BCUT2D eigenvalue weighted by Gasteiger charge is -2.38. The van der Waals surface area contributed by atoms with Crippen LogP contribution in [0, 0.1) is 25.5 Å². The SMILES string of the molecule is Cc1cn2cc(Nc3ncnc4c(C)c(N5C[C@@H](C)N[C@@H](C)C5)cc(F)c34)cc(F)c2n1. The molecule has 0 aliphatic carbocycles. The number of anilines is 3. The maximum atomic E-state index is 15.4. The van der Waals surface area contributed by atoms with Crippen LogP contribution in [0.25, 0.3) is 16.6 Å². The van der Waals surface area contributed by atoms with Crippen molar-refractivity contribution in [2.45, 2.75) is 39.8 Å². The van der Waals surface area contributed by atoms with Crippen LogP contribution in [-0.2, 0) is 0 Å². The van der Waals surface area contributed by atoms with E-state index in [4.69, 9.17) is 0 Å². The van der Waals surface area contributed by atoms with Gasteiger partial charge >= 0.3 is 0 Å². The molecule has 0 saturated carbocycles. The van der Waals surface area contributed by atoms with Gasteiger partial charge in [-0.2, -0.15) is 0 Å². The van der Waals surface area contributed by atoms with E-state index in [1.54, 1.807) is 29.8 Å². The second-order valence-corrected chi connectivity index (χ2v) is 8.64. The molecular weight excluding hydrogens is 412 g/mol. The van der Waals surface area contributed by atoms with Crippen LogP contribution in [0.4, 0.5) is 26.0 Å². The predicted molar refractivity (Wildman–Crippen MR) is 122 cm³/mol. The van der Waals surface area contributed by atoms with Crippen molar-refractivity contribution in [3.8, 4) is 0 Å². The molecule has 0 bridgehead atoms. The number of hydrogen-bond acceptors (Lipinski definition) is 6. The fraction of sp³-hybridized carbons (Fsp3) is 0.348. The van der Waals surface area contributed by atoms with E-state index >= 15 is 4.39 Å². The van der Waals surface area contributed by atoms with Crippen LogP contribution in [0.15, 0.2) is 30.9 Å². The first-order valence-corrected chi connectivity index (χ1v) is 10.7. The van der Waals surface area contributed by atoms with Crippen LogP contribution >= 0.6 is 0 Å². The highest BCUT2D eigenvalue weighted by molar-refractivity contribution is 5.96. The van der Waals surface area contributed by atoms with Gasteiger partial charge in [0.2, 0.25) is 0 Å². The molecule has 1 fully saturated rings. The maximum absolute atomic E-state index is 15.4. The molecule has 166 valence electrons.